The maximum Gasteiger partial charge on any atom is 0.0692 e. The van der Waals surface area contributed by atoms with E-state index in [0.717, 1.165) is 12.3 Å². The SMILES string of the molecule is CC(CS)Cn1ccnn1. The van der Waals surface area contributed by atoms with Gasteiger partial charge in [0.2, 0.25) is 0 Å². The van der Waals surface area contributed by atoms with Crippen molar-refractivity contribution in [3.8, 4) is 0 Å². The van der Waals surface area contributed by atoms with Crippen molar-refractivity contribution in [3.63, 3.8) is 0 Å². The Bertz CT molecular complexity index is 173. The van der Waals surface area contributed by atoms with Crippen molar-refractivity contribution in [1.29, 1.82) is 0 Å². The summed E-state index contributed by atoms with van der Waals surface area (Å²) in [7, 11) is 0. The van der Waals surface area contributed by atoms with E-state index in [-0.39, 0.29) is 0 Å². The van der Waals surface area contributed by atoms with Crippen LogP contribution in [-0.2, 0) is 6.54 Å². The third-order valence-electron chi connectivity index (χ3n) is 1.28. The molecule has 3 nitrogen and oxygen atoms in total. The quantitative estimate of drug-likeness (QED) is 0.659. The lowest BCUT2D eigenvalue weighted by Gasteiger charge is -2.05. The van der Waals surface area contributed by atoms with Gasteiger partial charge in [-0.25, -0.2) is 0 Å². The smallest absolute Gasteiger partial charge is 0.0692 e. The van der Waals surface area contributed by atoms with Gasteiger partial charge in [0.1, 0.15) is 0 Å². The summed E-state index contributed by atoms with van der Waals surface area (Å²) in [5, 5.41) is 7.53. The van der Waals surface area contributed by atoms with E-state index in [1.54, 1.807) is 6.20 Å². The molecule has 0 aliphatic rings. The second-order valence-electron chi connectivity index (χ2n) is 2.41. The maximum absolute atomic E-state index is 4.17. The first-order valence-electron chi connectivity index (χ1n) is 3.28. The predicted octanol–water partition coefficient (Wildman–Crippen LogP) is 0.844. The molecule has 0 spiro atoms. The molecular formula is C6H11N3S. The standard InChI is InChI=1S/C6H11N3S/c1-6(5-10)4-9-3-2-7-8-9/h2-3,6,10H,4-5H2,1H3. The van der Waals surface area contributed by atoms with Crippen LogP contribution in [0, 0.1) is 5.92 Å². The maximum atomic E-state index is 4.17. The van der Waals surface area contributed by atoms with Crippen molar-refractivity contribution in [2.45, 2.75) is 13.5 Å². The molecule has 0 fully saturated rings. The van der Waals surface area contributed by atoms with Crippen LogP contribution in [0.4, 0.5) is 0 Å². The molecule has 4 heteroatoms. The minimum Gasteiger partial charge on any atom is -0.252 e. The Morgan fingerprint density at radius 1 is 1.70 bits per heavy atom. The third-order valence-corrected chi connectivity index (χ3v) is 1.91. The molecule has 1 aromatic rings. The molecule has 1 unspecified atom stereocenters. The third kappa shape index (κ3) is 2.02. The van der Waals surface area contributed by atoms with E-state index in [0.29, 0.717) is 5.92 Å². The summed E-state index contributed by atoms with van der Waals surface area (Å²) in [5.74, 6) is 1.45. The van der Waals surface area contributed by atoms with Crippen molar-refractivity contribution in [1.82, 2.24) is 15.0 Å². The van der Waals surface area contributed by atoms with E-state index in [1.165, 1.54) is 0 Å². The van der Waals surface area contributed by atoms with E-state index in [1.807, 2.05) is 10.9 Å². The Hall–Kier alpha value is -0.510. The molecule has 0 radical (unpaired) electrons. The highest BCUT2D eigenvalue weighted by atomic mass is 32.1. The summed E-state index contributed by atoms with van der Waals surface area (Å²) in [5.41, 5.74) is 0. The van der Waals surface area contributed by atoms with Gasteiger partial charge in [-0.2, -0.15) is 12.6 Å². The van der Waals surface area contributed by atoms with Gasteiger partial charge in [0.25, 0.3) is 0 Å². The Kier molecular flexibility index (Phi) is 2.74. The summed E-state index contributed by atoms with van der Waals surface area (Å²) in [6.07, 6.45) is 3.55. The molecule has 0 bridgehead atoms. The van der Waals surface area contributed by atoms with Crippen molar-refractivity contribution < 1.29 is 0 Å². The van der Waals surface area contributed by atoms with Gasteiger partial charge < -0.3 is 0 Å². The molecule has 0 N–H and O–H groups in total. The second kappa shape index (κ2) is 3.61. The van der Waals surface area contributed by atoms with Crippen molar-refractivity contribution >= 4 is 12.6 Å². The average molecular weight is 157 g/mol. The first-order chi connectivity index (χ1) is 4.83. The second-order valence-corrected chi connectivity index (χ2v) is 2.78. The number of aromatic nitrogens is 3. The van der Waals surface area contributed by atoms with Crippen LogP contribution in [0.2, 0.25) is 0 Å². The van der Waals surface area contributed by atoms with Crippen LogP contribution in [0.15, 0.2) is 12.4 Å². The molecule has 10 heavy (non-hydrogen) atoms. The van der Waals surface area contributed by atoms with Gasteiger partial charge in [0.15, 0.2) is 0 Å². The summed E-state index contributed by atoms with van der Waals surface area (Å²) in [4.78, 5) is 0. The Morgan fingerprint density at radius 3 is 3.00 bits per heavy atom. The lowest BCUT2D eigenvalue weighted by Crippen LogP contribution is -2.09. The van der Waals surface area contributed by atoms with Gasteiger partial charge in [-0.1, -0.05) is 12.1 Å². The molecule has 1 atom stereocenters. The molecule has 0 amide bonds. The van der Waals surface area contributed by atoms with Crippen LogP contribution in [0.3, 0.4) is 0 Å². The van der Waals surface area contributed by atoms with E-state index in [4.69, 9.17) is 0 Å². The lowest BCUT2D eigenvalue weighted by molar-refractivity contribution is 0.478. The van der Waals surface area contributed by atoms with E-state index < -0.39 is 0 Å². The number of hydrogen-bond donors (Lipinski definition) is 1. The highest BCUT2D eigenvalue weighted by molar-refractivity contribution is 7.80. The number of rotatable bonds is 3. The molecule has 1 rings (SSSR count). The zero-order chi connectivity index (χ0) is 7.40. The van der Waals surface area contributed by atoms with Crippen LogP contribution in [0.5, 0.6) is 0 Å². The lowest BCUT2D eigenvalue weighted by atomic mass is 10.2. The Balaban J connectivity index is 2.40. The molecular weight excluding hydrogens is 146 g/mol. The minimum atomic E-state index is 0.560. The van der Waals surface area contributed by atoms with E-state index in [9.17, 15) is 0 Å². The van der Waals surface area contributed by atoms with Crippen molar-refractivity contribution in [2.75, 3.05) is 5.75 Å². The van der Waals surface area contributed by atoms with Gasteiger partial charge in [-0.05, 0) is 11.7 Å². The first kappa shape index (κ1) is 7.60. The zero-order valence-electron chi connectivity index (χ0n) is 5.94. The fourth-order valence-corrected chi connectivity index (χ4v) is 0.823. The van der Waals surface area contributed by atoms with Crippen molar-refractivity contribution in [3.05, 3.63) is 12.4 Å². The summed E-state index contributed by atoms with van der Waals surface area (Å²) < 4.78 is 1.82. The monoisotopic (exact) mass is 157 g/mol. The highest BCUT2D eigenvalue weighted by Gasteiger charge is 1.99. The minimum absolute atomic E-state index is 0.560. The van der Waals surface area contributed by atoms with Gasteiger partial charge >= 0.3 is 0 Å². The van der Waals surface area contributed by atoms with Crippen molar-refractivity contribution in [2.24, 2.45) is 5.92 Å². The zero-order valence-corrected chi connectivity index (χ0v) is 6.83. The highest BCUT2D eigenvalue weighted by Crippen LogP contribution is 1.99. The fourth-order valence-electron chi connectivity index (χ4n) is 0.707. The van der Waals surface area contributed by atoms with Gasteiger partial charge in [-0.15, -0.1) is 5.10 Å². The molecule has 56 valence electrons. The average Bonchev–Trinajstić information content (AvgIpc) is 2.40. The topological polar surface area (TPSA) is 30.7 Å². The summed E-state index contributed by atoms with van der Waals surface area (Å²) in [6.45, 7) is 3.04. The first-order valence-corrected chi connectivity index (χ1v) is 3.91. The molecule has 0 saturated heterocycles. The molecule has 0 aliphatic heterocycles. The van der Waals surface area contributed by atoms with Crippen LogP contribution < -0.4 is 0 Å². The number of thiol groups is 1. The van der Waals surface area contributed by atoms with E-state index >= 15 is 0 Å². The van der Waals surface area contributed by atoms with Crippen LogP contribution in [0.1, 0.15) is 6.92 Å². The predicted molar refractivity (Wildman–Crippen MR) is 43.0 cm³/mol. The van der Waals surface area contributed by atoms with Crippen LogP contribution >= 0.6 is 12.6 Å². The molecule has 0 saturated carbocycles. The van der Waals surface area contributed by atoms with Crippen LogP contribution in [0.25, 0.3) is 0 Å². The number of nitrogens with zero attached hydrogens (tertiary/aromatic N) is 3. The number of hydrogen-bond acceptors (Lipinski definition) is 3. The van der Waals surface area contributed by atoms with Crippen LogP contribution in [-0.4, -0.2) is 20.7 Å². The molecule has 1 aromatic heterocycles. The fraction of sp³-hybridized carbons (Fsp3) is 0.667. The summed E-state index contributed by atoms with van der Waals surface area (Å²) >= 11 is 4.17. The Labute approximate surface area is 65.8 Å². The molecule has 0 aromatic carbocycles. The molecule has 1 heterocycles. The normalized spacial score (nSPS) is 13.4. The van der Waals surface area contributed by atoms with Gasteiger partial charge in [0, 0.05) is 12.7 Å². The van der Waals surface area contributed by atoms with Gasteiger partial charge in [-0.3, -0.25) is 4.68 Å². The largest absolute Gasteiger partial charge is 0.252 e. The Morgan fingerprint density at radius 2 is 2.50 bits per heavy atom. The van der Waals surface area contributed by atoms with E-state index in [2.05, 4.69) is 29.9 Å². The van der Waals surface area contributed by atoms with Gasteiger partial charge in [0.05, 0.1) is 6.20 Å². The summed E-state index contributed by atoms with van der Waals surface area (Å²) in [6, 6.07) is 0. The molecule has 0 aliphatic carbocycles.